The molecule has 5 nitrogen and oxygen atoms in total. The van der Waals surface area contributed by atoms with Crippen molar-refractivity contribution >= 4 is 22.5 Å². The van der Waals surface area contributed by atoms with Gasteiger partial charge >= 0.3 is 0 Å². The molecule has 1 aliphatic heterocycles. The fourth-order valence-corrected chi connectivity index (χ4v) is 2.41. The third kappa shape index (κ3) is 2.59. The summed E-state index contributed by atoms with van der Waals surface area (Å²) in [6, 6.07) is -0.178. The maximum absolute atomic E-state index is 7.05. The molecule has 15 heavy (non-hydrogen) atoms. The van der Waals surface area contributed by atoms with Crippen LogP contribution in [0.25, 0.3) is 0 Å². The van der Waals surface area contributed by atoms with E-state index in [1.165, 1.54) is 0 Å². The van der Waals surface area contributed by atoms with E-state index in [9.17, 15) is 0 Å². The van der Waals surface area contributed by atoms with Gasteiger partial charge in [0.15, 0.2) is 5.13 Å². The lowest BCUT2D eigenvalue weighted by molar-refractivity contribution is 0.154. The third-order valence-electron chi connectivity index (χ3n) is 2.43. The molecule has 0 unspecified atom stereocenters. The van der Waals surface area contributed by atoms with Crippen molar-refractivity contribution in [1.29, 1.82) is 5.41 Å². The Morgan fingerprint density at radius 1 is 1.60 bits per heavy atom. The van der Waals surface area contributed by atoms with Gasteiger partial charge in [-0.3, -0.25) is 5.41 Å². The van der Waals surface area contributed by atoms with E-state index in [0.717, 1.165) is 31.1 Å². The van der Waals surface area contributed by atoms with Gasteiger partial charge in [0.2, 0.25) is 0 Å². The first kappa shape index (κ1) is 10.2. The Morgan fingerprint density at radius 3 is 2.87 bits per heavy atom. The normalized spacial score (nSPS) is 17.7. The molecule has 1 fully saturated rings. The van der Waals surface area contributed by atoms with Crippen molar-refractivity contribution in [3.63, 3.8) is 0 Å². The second-order valence-electron chi connectivity index (χ2n) is 3.48. The summed E-state index contributed by atoms with van der Waals surface area (Å²) in [5.41, 5.74) is 5.19. The molecule has 0 bridgehead atoms. The minimum atomic E-state index is -0.178. The van der Waals surface area contributed by atoms with Crippen molar-refractivity contribution in [3.05, 3.63) is 11.6 Å². The van der Waals surface area contributed by atoms with Gasteiger partial charge in [-0.25, -0.2) is 4.98 Å². The molecule has 82 valence electrons. The molecule has 0 spiro atoms. The van der Waals surface area contributed by atoms with Gasteiger partial charge in [0, 0.05) is 37.5 Å². The van der Waals surface area contributed by atoms with Crippen LogP contribution < -0.4 is 10.6 Å². The Bertz CT molecular complexity index is 319. The minimum Gasteiger partial charge on any atom is -0.462 e. The van der Waals surface area contributed by atoms with Gasteiger partial charge in [0.25, 0.3) is 6.02 Å². The number of thiazole rings is 1. The highest BCUT2D eigenvalue weighted by Gasteiger charge is 2.21. The van der Waals surface area contributed by atoms with Gasteiger partial charge in [0.1, 0.15) is 6.10 Å². The third-order valence-corrected chi connectivity index (χ3v) is 3.26. The van der Waals surface area contributed by atoms with Crippen LogP contribution in [-0.4, -0.2) is 30.2 Å². The van der Waals surface area contributed by atoms with Crippen molar-refractivity contribution in [2.75, 3.05) is 18.0 Å². The minimum absolute atomic E-state index is 0.0960. The molecule has 2 rings (SSSR count). The average Bonchev–Trinajstić information content (AvgIpc) is 2.71. The predicted molar refractivity (Wildman–Crippen MR) is 60.3 cm³/mol. The SMILES string of the molecule is N=C(N)OC1CCN(c2nccs2)CC1. The second kappa shape index (κ2) is 4.48. The monoisotopic (exact) mass is 226 g/mol. The summed E-state index contributed by atoms with van der Waals surface area (Å²) in [4.78, 5) is 6.50. The van der Waals surface area contributed by atoms with Crippen LogP contribution in [-0.2, 0) is 4.74 Å². The number of hydrogen-bond donors (Lipinski definition) is 2. The number of nitrogens with two attached hydrogens (primary N) is 1. The van der Waals surface area contributed by atoms with Crippen LogP contribution in [0, 0.1) is 5.41 Å². The maximum Gasteiger partial charge on any atom is 0.279 e. The van der Waals surface area contributed by atoms with E-state index in [4.69, 9.17) is 15.9 Å². The number of anilines is 1. The molecule has 0 amide bonds. The molecule has 0 atom stereocenters. The lowest BCUT2D eigenvalue weighted by Gasteiger charge is -2.31. The van der Waals surface area contributed by atoms with E-state index >= 15 is 0 Å². The second-order valence-corrected chi connectivity index (χ2v) is 4.36. The Morgan fingerprint density at radius 2 is 2.33 bits per heavy atom. The van der Waals surface area contributed by atoms with Gasteiger partial charge in [-0.2, -0.15) is 0 Å². The largest absolute Gasteiger partial charge is 0.462 e. The molecular formula is C9H14N4OS. The van der Waals surface area contributed by atoms with Crippen molar-refractivity contribution in [3.8, 4) is 0 Å². The number of amidine groups is 1. The standard InChI is InChI=1S/C9H14N4OS/c10-8(11)14-7-1-4-13(5-2-7)9-12-3-6-15-9/h3,6-7H,1-2,4-5H2,(H3,10,11). The molecule has 1 aromatic heterocycles. The first-order valence-electron chi connectivity index (χ1n) is 4.91. The Labute approximate surface area is 92.4 Å². The fraction of sp³-hybridized carbons (Fsp3) is 0.556. The van der Waals surface area contributed by atoms with Gasteiger partial charge in [-0.05, 0) is 0 Å². The predicted octanol–water partition coefficient (Wildman–Crippen LogP) is 1.02. The first-order valence-corrected chi connectivity index (χ1v) is 5.79. The van der Waals surface area contributed by atoms with Crippen LogP contribution in [0.2, 0.25) is 0 Å². The molecule has 3 N–H and O–H groups in total. The quantitative estimate of drug-likeness (QED) is 0.583. The molecule has 0 saturated carbocycles. The highest BCUT2D eigenvalue weighted by atomic mass is 32.1. The molecule has 1 aliphatic rings. The summed E-state index contributed by atoms with van der Waals surface area (Å²) >= 11 is 1.65. The zero-order chi connectivity index (χ0) is 10.7. The molecule has 1 aromatic rings. The highest BCUT2D eigenvalue weighted by Crippen LogP contribution is 2.22. The number of nitrogens with one attached hydrogen (secondary N) is 1. The Balaban J connectivity index is 1.84. The van der Waals surface area contributed by atoms with Crippen molar-refractivity contribution in [2.24, 2.45) is 5.73 Å². The summed E-state index contributed by atoms with van der Waals surface area (Å²) < 4.78 is 5.17. The van der Waals surface area contributed by atoms with Gasteiger partial charge in [-0.1, -0.05) is 0 Å². The van der Waals surface area contributed by atoms with Crippen molar-refractivity contribution < 1.29 is 4.74 Å². The fourth-order valence-electron chi connectivity index (χ4n) is 1.72. The van der Waals surface area contributed by atoms with E-state index in [2.05, 4.69) is 9.88 Å². The Kier molecular flexibility index (Phi) is 3.05. The smallest absolute Gasteiger partial charge is 0.279 e. The van der Waals surface area contributed by atoms with E-state index in [0.29, 0.717) is 0 Å². The number of ether oxygens (including phenoxy) is 1. The number of piperidine rings is 1. The van der Waals surface area contributed by atoms with Crippen LogP contribution in [0.3, 0.4) is 0 Å². The molecule has 0 aliphatic carbocycles. The maximum atomic E-state index is 7.05. The molecule has 0 aromatic carbocycles. The highest BCUT2D eigenvalue weighted by molar-refractivity contribution is 7.13. The number of hydrogen-bond acceptors (Lipinski definition) is 5. The van der Waals surface area contributed by atoms with Crippen LogP contribution in [0.1, 0.15) is 12.8 Å². The summed E-state index contributed by atoms with van der Waals surface area (Å²) in [7, 11) is 0. The van der Waals surface area contributed by atoms with Gasteiger partial charge in [0.05, 0.1) is 0 Å². The number of rotatable bonds is 2. The van der Waals surface area contributed by atoms with Crippen LogP contribution in [0.15, 0.2) is 11.6 Å². The first-order chi connectivity index (χ1) is 7.25. The summed E-state index contributed by atoms with van der Waals surface area (Å²) in [6.07, 6.45) is 3.72. The number of aromatic nitrogens is 1. The van der Waals surface area contributed by atoms with Gasteiger partial charge < -0.3 is 15.4 Å². The molecule has 0 radical (unpaired) electrons. The summed E-state index contributed by atoms with van der Waals surface area (Å²) in [5, 5.41) is 10.1. The summed E-state index contributed by atoms with van der Waals surface area (Å²) in [6.45, 7) is 1.84. The summed E-state index contributed by atoms with van der Waals surface area (Å²) in [5.74, 6) is 0. The zero-order valence-electron chi connectivity index (χ0n) is 8.35. The average molecular weight is 226 g/mol. The Hall–Kier alpha value is -1.30. The van der Waals surface area contributed by atoms with Crippen molar-refractivity contribution in [1.82, 2.24) is 4.98 Å². The van der Waals surface area contributed by atoms with Crippen LogP contribution in [0.4, 0.5) is 5.13 Å². The van der Waals surface area contributed by atoms with E-state index in [1.54, 1.807) is 11.3 Å². The molecule has 1 saturated heterocycles. The lowest BCUT2D eigenvalue weighted by atomic mass is 10.1. The van der Waals surface area contributed by atoms with E-state index in [-0.39, 0.29) is 12.1 Å². The number of nitrogens with zero attached hydrogens (tertiary/aromatic N) is 2. The van der Waals surface area contributed by atoms with E-state index < -0.39 is 0 Å². The van der Waals surface area contributed by atoms with Gasteiger partial charge in [-0.15, -0.1) is 11.3 Å². The zero-order valence-corrected chi connectivity index (χ0v) is 9.17. The molecule has 2 heterocycles. The van der Waals surface area contributed by atoms with Crippen LogP contribution in [0.5, 0.6) is 0 Å². The van der Waals surface area contributed by atoms with E-state index in [1.807, 2.05) is 11.6 Å². The molecule has 6 heteroatoms. The van der Waals surface area contributed by atoms with Crippen LogP contribution >= 0.6 is 11.3 Å². The van der Waals surface area contributed by atoms with Crippen molar-refractivity contribution in [2.45, 2.75) is 18.9 Å². The molecular weight excluding hydrogens is 212 g/mol. The topological polar surface area (TPSA) is 75.2 Å². The lowest BCUT2D eigenvalue weighted by Crippen LogP contribution is -2.38.